The van der Waals surface area contributed by atoms with E-state index in [2.05, 4.69) is 10.3 Å². The Morgan fingerprint density at radius 2 is 1.95 bits per heavy atom. The molecule has 5 heteroatoms. The molecular weight excluding hydrogens is 266 g/mol. The fourth-order valence-electron chi connectivity index (χ4n) is 1.96. The highest BCUT2D eigenvalue weighted by Crippen LogP contribution is 2.24. The van der Waals surface area contributed by atoms with Gasteiger partial charge < -0.3 is 5.32 Å². The lowest BCUT2D eigenvalue weighted by molar-refractivity contribution is 0.448. The third-order valence-corrected chi connectivity index (χ3v) is 4.10. The normalized spacial score (nSPS) is 14.4. The molecule has 2 rings (SSSR count). The van der Waals surface area contributed by atoms with Crippen molar-refractivity contribution in [2.45, 2.75) is 32.9 Å². The van der Waals surface area contributed by atoms with E-state index in [-0.39, 0.29) is 12.1 Å². The Hall–Kier alpha value is -1.33. The number of nitrogens with one attached hydrogen (secondary N) is 1. The van der Waals surface area contributed by atoms with E-state index in [4.69, 9.17) is 0 Å². The van der Waals surface area contributed by atoms with Gasteiger partial charge in [0.15, 0.2) is 11.6 Å². The SMILES string of the molecule is Cc1csc(C(C)NC(C)c2cccc(F)c2F)n1. The molecule has 0 spiro atoms. The van der Waals surface area contributed by atoms with Gasteiger partial charge in [0.05, 0.1) is 6.04 Å². The lowest BCUT2D eigenvalue weighted by atomic mass is 10.1. The van der Waals surface area contributed by atoms with Crippen molar-refractivity contribution in [3.63, 3.8) is 0 Å². The molecule has 2 unspecified atom stereocenters. The lowest BCUT2D eigenvalue weighted by Gasteiger charge is -2.19. The molecule has 1 aromatic heterocycles. The first-order chi connectivity index (χ1) is 8.99. The van der Waals surface area contributed by atoms with Crippen molar-refractivity contribution in [2.24, 2.45) is 0 Å². The number of benzene rings is 1. The van der Waals surface area contributed by atoms with Crippen LogP contribution in [0.5, 0.6) is 0 Å². The van der Waals surface area contributed by atoms with E-state index in [9.17, 15) is 8.78 Å². The van der Waals surface area contributed by atoms with Crippen LogP contribution < -0.4 is 5.32 Å². The number of thiazole rings is 1. The molecule has 2 atom stereocenters. The number of hydrogen-bond donors (Lipinski definition) is 1. The Bertz CT molecular complexity index is 568. The maximum atomic E-state index is 13.7. The number of hydrogen-bond acceptors (Lipinski definition) is 3. The van der Waals surface area contributed by atoms with Gasteiger partial charge in [0.1, 0.15) is 5.01 Å². The summed E-state index contributed by atoms with van der Waals surface area (Å²) < 4.78 is 26.9. The van der Waals surface area contributed by atoms with Gasteiger partial charge >= 0.3 is 0 Å². The van der Waals surface area contributed by atoms with Gasteiger partial charge in [-0.3, -0.25) is 0 Å². The molecule has 0 aliphatic heterocycles. The van der Waals surface area contributed by atoms with Crippen molar-refractivity contribution >= 4 is 11.3 Å². The van der Waals surface area contributed by atoms with Crippen LogP contribution in [0.1, 0.15) is 42.2 Å². The van der Waals surface area contributed by atoms with Crippen molar-refractivity contribution in [2.75, 3.05) is 0 Å². The second-order valence-electron chi connectivity index (χ2n) is 4.58. The van der Waals surface area contributed by atoms with Crippen LogP contribution in [0.2, 0.25) is 0 Å². The number of aromatic nitrogens is 1. The van der Waals surface area contributed by atoms with Crippen LogP contribution in [0.3, 0.4) is 0 Å². The van der Waals surface area contributed by atoms with Gasteiger partial charge in [-0.05, 0) is 26.8 Å². The van der Waals surface area contributed by atoms with Crippen molar-refractivity contribution < 1.29 is 8.78 Å². The quantitative estimate of drug-likeness (QED) is 0.911. The Morgan fingerprint density at radius 3 is 2.58 bits per heavy atom. The summed E-state index contributed by atoms with van der Waals surface area (Å²) in [6.45, 7) is 5.71. The van der Waals surface area contributed by atoms with Crippen LogP contribution in [-0.4, -0.2) is 4.98 Å². The van der Waals surface area contributed by atoms with Crippen LogP contribution in [-0.2, 0) is 0 Å². The molecule has 0 radical (unpaired) electrons. The molecule has 1 aromatic carbocycles. The number of aryl methyl sites for hydroxylation is 1. The Balaban J connectivity index is 2.12. The Labute approximate surface area is 115 Å². The summed E-state index contributed by atoms with van der Waals surface area (Å²) in [5.74, 6) is -1.60. The largest absolute Gasteiger partial charge is 0.301 e. The smallest absolute Gasteiger partial charge is 0.163 e. The van der Waals surface area contributed by atoms with E-state index in [1.165, 1.54) is 6.07 Å². The molecule has 0 saturated carbocycles. The van der Waals surface area contributed by atoms with Crippen molar-refractivity contribution in [3.8, 4) is 0 Å². The van der Waals surface area contributed by atoms with E-state index in [0.29, 0.717) is 5.56 Å². The van der Waals surface area contributed by atoms with Crippen LogP contribution in [0.4, 0.5) is 8.78 Å². The molecule has 0 aliphatic carbocycles. The molecular formula is C14H16F2N2S. The molecule has 0 aliphatic rings. The zero-order chi connectivity index (χ0) is 14.0. The minimum atomic E-state index is -0.816. The predicted octanol–water partition coefficient (Wildman–Crippen LogP) is 4.14. The highest BCUT2D eigenvalue weighted by molar-refractivity contribution is 7.09. The summed E-state index contributed by atoms with van der Waals surface area (Å²) in [7, 11) is 0. The van der Waals surface area contributed by atoms with Crippen molar-refractivity contribution in [1.82, 2.24) is 10.3 Å². The highest BCUT2D eigenvalue weighted by atomic mass is 32.1. The zero-order valence-corrected chi connectivity index (χ0v) is 11.9. The highest BCUT2D eigenvalue weighted by Gasteiger charge is 2.17. The fraction of sp³-hybridized carbons (Fsp3) is 0.357. The monoisotopic (exact) mass is 282 g/mol. The number of halogens is 2. The lowest BCUT2D eigenvalue weighted by Crippen LogP contribution is -2.23. The molecule has 2 aromatic rings. The van der Waals surface area contributed by atoms with E-state index >= 15 is 0 Å². The fourth-order valence-corrected chi connectivity index (χ4v) is 2.77. The van der Waals surface area contributed by atoms with Crippen LogP contribution >= 0.6 is 11.3 Å². The summed E-state index contributed by atoms with van der Waals surface area (Å²) in [5, 5.41) is 6.15. The first-order valence-electron chi connectivity index (χ1n) is 6.11. The third kappa shape index (κ3) is 3.16. The molecule has 1 heterocycles. The van der Waals surface area contributed by atoms with Crippen LogP contribution in [0, 0.1) is 18.6 Å². The van der Waals surface area contributed by atoms with Crippen molar-refractivity contribution in [3.05, 3.63) is 51.5 Å². The first-order valence-corrected chi connectivity index (χ1v) is 6.99. The van der Waals surface area contributed by atoms with Crippen LogP contribution in [0.15, 0.2) is 23.6 Å². The summed E-state index contributed by atoms with van der Waals surface area (Å²) in [6, 6.07) is 3.95. The predicted molar refractivity (Wildman–Crippen MR) is 73.2 cm³/mol. The van der Waals surface area contributed by atoms with Gasteiger partial charge in [0.2, 0.25) is 0 Å². The Kier molecular flexibility index (Phi) is 4.27. The first kappa shape index (κ1) is 14.1. The van der Waals surface area contributed by atoms with Gasteiger partial charge in [0, 0.05) is 22.7 Å². The summed E-state index contributed by atoms with van der Waals surface area (Å²) >= 11 is 1.56. The second-order valence-corrected chi connectivity index (χ2v) is 5.47. The molecule has 0 fully saturated rings. The number of nitrogens with zero attached hydrogens (tertiary/aromatic N) is 1. The molecule has 1 N–H and O–H groups in total. The van der Waals surface area contributed by atoms with E-state index in [0.717, 1.165) is 16.8 Å². The van der Waals surface area contributed by atoms with Gasteiger partial charge in [-0.1, -0.05) is 12.1 Å². The molecule has 0 amide bonds. The minimum Gasteiger partial charge on any atom is -0.301 e. The molecule has 19 heavy (non-hydrogen) atoms. The van der Waals surface area contributed by atoms with Gasteiger partial charge in [0.25, 0.3) is 0 Å². The summed E-state index contributed by atoms with van der Waals surface area (Å²) in [4.78, 5) is 4.39. The average Bonchev–Trinajstić information content (AvgIpc) is 2.79. The molecule has 0 saturated heterocycles. The second kappa shape index (κ2) is 5.75. The van der Waals surface area contributed by atoms with E-state index < -0.39 is 11.6 Å². The van der Waals surface area contributed by atoms with Gasteiger partial charge in [-0.25, -0.2) is 13.8 Å². The molecule has 102 valence electrons. The van der Waals surface area contributed by atoms with E-state index in [1.54, 1.807) is 17.4 Å². The Morgan fingerprint density at radius 1 is 1.21 bits per heavy atom. The zero-order valence-electron chi connectivity index (χ0n) is 11.1. The maximum absolute atomic E-state index is 13.7. The molecule has 0 bridgehead atoms. The van der Waals surface area contributed by atoms with Gasteiger partial charge in [-0.2, -0.15) is 0 Å². The summed E-state index contributed by atoms with van der Waals surface area (Å²) in [5.41, 5.74) is 1.30. The number of rotatable bonds is 4. The van der Waals surface area contributed by atoms with Gasteiger partial charge in [-0.15, -0.1) is 11.3 Å². The van der Waals surface area contributed by atoms with Crippen molar-refractivity contribution in [1.29, 1.82) is 0 Å². The van der Waals surface area contributed by atoms with E-state index in [1.807, 2.05) is 26.2 Å². The average molecular weight is 282 g/mol. The minimum absolute atomic E-state index is 0.00336. The standard InChI is InChI=1S/C14H16F2N2S/c1-8-7-19-14(17-8)10(3)18-9(2)11-5-4-6-12(15)13(11)16/h4-7,9-10,18H,1-3H3. The topological polar surface area (TPSA) is 24.9 Å². The summed E-state index contributed by atoms with van der Waals surface area (Å²) in [6.07, 6.45) is 0. The third-order valence-electron chi connectivity index (χ3n) is 2.96. The molecule has 2 nitrogen and oxygen atoms in total. The maximum Gasteiger partial charge on any atom is 0.163 e. The van der Waals surface area contributed by atoms with Crippen LogP contribution in [0.25, 0.3) is 0 Å².